The molecule has 0 radical (unpaired) electrons. The van der Waals surface area contributed by atoms with Gasteiger partial charge in [0.2, 0.25) is 11.5 Å². The van der Waals surface area contributed by atoms with Crippen molar-refractivity contribution in [2.24, 2.45) is 0 Å². The first-order valence-corrected chi connectivity index (χ1v) is 16.3. The molecule has 2 aliphatic heterocycles. The number of pyridine rings is 1. The number of aryl methyl sites for hydroxylation is 2. The summed E-state index contributed by atoms with van der Waals surface area (Å²) in [5, 5.41) is 1.16. The lowest BCUT2D eigenvalue weighted by Crippen LogP contribution is -2.47. The highest BCUT2D eigenvalue weighted by Gasteiger charge is 2.36. The Morgan fingerprint density at radius 1 is 1.10 bits per heavy atom. The van der Waals surface area contributed by atoms with Crippen LogP contribution in [0, 0.1) is 6.92 Å². The van der Waals surface area contributed by atoms with Gasteiger partial charge >= 0.3 is 0 Å². The molecule has 2 aliphatic rings. The van der Waals surface area contributed by atoms with Crippen LogP contribution in [0.1, 0.15) is 75.0 Å². The lowest BCUT2D eigenvalue weighted by atomic mass is 9.93. The summed E-state index contributed by atoms with van der Waals surface area (Å²) in [6.07, 6.45) is 8.68. The normalized spacial score (nSPS) is 18.3. The third kappa shape index (κ3) is 6.98. The third-order valence-electron chi connectivity index (χ3n) is 9.06. The van der Waals surface area contributed by atoms with E-state index in [-0.39, 0.29) is 23.6 Å². The molecule has 1 fully saturated rings. The van der Waals surface area contributed by atoms with Crippen LogP contribution in [0.5, 0.6) is 5.75 Å². The van der Waals surface area contributed by atoms with Crippen LogP contribution in [0.3, 0.4) is 0 Å². The fraction of sp³-hybridized carbons (Fsp3) is 0.486. The number of ether oxygens (including phenoxy) is 1. The number of amides is 1. The Labute approximate surface area is 253 Å². The number of nitrogens with zero attached hydrogens (tertiary/aromatic N) is 3. The lowest BCUT2D eigenvalue weighted by Gasteiger charge is -2.35. The molecule has 224 valence electrons. The van der Waals surface area contributed by atoms with Crippen molar-refractivity contribution in [1.82, 2.24) is 9.47 Å². The first kappa shape index (κ1) is 30.5. The van der Waals surface area contributed by atoms with Crippen LogP contribution >= 0.6 is 9.24 Å². The van der Waals surface area contributed by atoms with Gasteiger partial charge in [0.05, 0.1) is 13.2 Å². The predicted octanol–water partition coefficient (Wildman–Crippen LogP) is 5.84. The minimum atomic E-state index is 0.0225. The van der Waals surface area contributed by atoms with Gasteiger partial charge in [-0.25, -0.2) is 0 Å². The molecule has 3 unspecified atom stereocenters. The number of carbonyl (C=O) groups excluding carboxylic acids is 1. The molecule has 0 aliphatic carbocycles. The quantitative estimate of drug-likeness (QED) is 0.250. The Kier molecular flexibility index (Phi) is 10.2. The summed E-state index contributed by atoms with van der Waals surface area (Å²) >= 11 is 0. The average molecular weight is 588 g/mol. The van der Waals surface area contributed by atoms with Crippen molar-refractivity contribution in [2.75, 3.05) is 24.6 Å². The second-order valence-electron chi connectivity index (χ2n) is 12.0. The highest BCUT2D eigenvalue weighted by Crippen LogP contribution is 2.37. The van der Waals surface area contributed by atoms with Crippen molar-refractivity contribution >= 4 is 26.1 Å². The van der Waals surface area contributed by atoms with Gasteiger partial charge in [0.1, 0.15) is 5.75 Å². The highest BCUT2D eigenvalue weighted by atomic mass is 31.0. The largest absolute Gasteiger partial charge is 0.493 e. The number of aromatic nitrogens is 1. The molecule has 3 heterocycles. The van der Waals surface area contributed by atoms with Gasteiger partial charge in [0.15, 0.2) is 0 Å². The summed E-state index contributed by atoms with van der Waals surface area (Å²) in [7, 11) is 2.80. The highest BCUT2D eigenvalue weighted by molar-refractivity contribution is 7.27. The Hall–Kier alpha value is -2.95. The minimum absolute atomic E-state index is 0.0225. The maximum Gasteiger partial charge on any atom is 0.250 e. The number of anilines is 1. The summed E-state index contributed by atoms with van der Waals surface area (Å²) < 4.78 is 7.55. The molecule has 6 nitrogen and oxygen atoms in total. The maximum atomic E-state index is 14.4. The van der Waals surface area contributed by atoms with Crippen LogP contribution < -0.4 is 20.5 Å². The van der Waals surface area contributed by atoms with Gasteiger partial charge in [0.25, 0.3) is 0 Å². The Balaban J connectivity index is 1.41. The molecule has 42 heavy (non-hydrogen) atoms. The van der Waals surface area contributed by atoms with E-state index in [1.165, 1.54) is 16.7 Å². The molecule has 5 rings (SSSR count). The van der Waals surface area contributed by atoms with E-state index in [4.69, 9.17) is 4.74 Å². The fourth-order valence-electron chi connectivity index (χ4n) is 6.80. The first-order chi connectivity index (χ1) is 20.4. The molecule has 3 atom stereocenters. The number of rotatable bonds is 12. The van der Waals surface area contributed by atoms with E-state index >= 15 is 0 Å². The minimum Gasteiger partial charge on any atom is -0.493 e. The van der Waals surface area contributed by atoms with E-state index in [0.717, 1.165) is 74.8 Å². The lowest BCUT2D eigenvalue weighted by molar-refractivity contribution is -0.120. The summed E-state index contributed by atoms with van der Waals surface area (Å²) in [5.41, 5.74) is 4.81. The Bertz CT molecular complexity index is 1430. The molecule has 0 bridgehead atoms. The molecule has 1 saturated heterocycles. The third-order valence-corrected chi connectivity index (χ3v) is 9.71. The second-order valence-corrected chi connectivity index (χ2v) is 12.7. The van der Waals surface area contributed by atoms with E-state index < -0.39 is 0 Å². The molecule has 0 spiro atoms. The molecular formula is C35H46N3O3P. The van der Waals surface area contributed by atoms with Crippen molar-refractivity contribution < 1.29 is 9.53 Å². The van der Waals surface area contributed by atoms with Crippen molar-refractivity contribution in [3.63, 3.8) is 0 Å². The van der Waals surface area contributed by atoms with Crippen LogP contribution in [0.2, 0.25) is 0 Å². The van der Waals surface area contributed by atoms with Gasteiger partial charge in [-0.2, -0.15) is 0 Å². The van der Waals surface area contributed by atoms with Crippen LogP contribution in [0.4, 0.5) is 5.69 Å². The number of fused-ring (bicyclic) bond motifs is 1. The molecule has 1 aromatic heterocycles. The first-order valence-electron chi connectivity index (χ1n) is 15.7. The monoisotopic (exact) mass is 587 g/mol. The zero-order chi connectivity index (χ0) is 29.6. The second kappa shape index (κ2) is 14.0. The van der Waals surface area contributed by atoms with Gasteiger partial charge < -0.3 is 14.2 Å². The average Bonchev–Trinajstić information content (AvgIpc) is 3.61. The smallest absolute Gasteiger partial charge is 0.250 e. The number of hydrogen-bond acceptors (Lipinski definition) is 4. The number of likely N-dealkylation sites (tertiary alicyclic amines) is 1. The molecular weight excluding hydrogens is 541 g/mol. The number of benzene rings is 2. The summed E-state index contributed by atoms with van der Waals surface area (Å²) in [4.78, 5) is 31.3. The van der Waals surface area contributed by atoms with Crippen LogP contribution in [-0.2, 0) is 17.8 Å². The topological polar surface area (TPSA) is 54.8 Å². The van der Waals surface area contributed by atoms with Gasteiger partial charge in [0, 0.05) is 49.5 Å². The van der Waals surface area contributed by atoms with Crippen molar-refractivity contribution in [2.45, 2.75) is 90.3 Å². The summed E-state index contributed by atoms with van der Waals surface area (Å²) in [6.45, 7) is 9.13. The predicted molar refractivity (Wildman–Crippen MR) is 175 cm³/mol. The van der Waals surface area contributed by atoms with E-state index in [1.807, 2.05) is 12.3 Å². The van der Waals surface area contributed by atoms with Crippen LogP contribution in [0.25, 0.3) is 0 Å². The SMILES string of the molecule is CCCC(CCC)N(C(=O)CN1CC(c2ccc3c(c2)CCO3)CC1CCn1ccccc1=O)c1ccc(P)c(C)c1. The van der Waals surface area contributed by atoms with Crippen LogP contribution in [-0.4, -0.2) is 47.2 Å². The standard InChI is InChI=1S/C35H46N3O3P/c1-4-8-29(9-5-2)38(31-12-14-33(42)25(3)20-31)35(40)24-37-23-28(26-11-13-32-27(21-26)16-19-41-32)22-30(37)15-18-36-17-7-6-10-34(36)39/h6-7,10-14,17,20-21,28-30H,4-5,8-9,15-16,18-19,22-24,42H2,1-3H3. The van der Waals surface area contributed by atoms with E-state index in [2.05, 4.69) is 76.2 Å². The molecule has 0 saturated carbocycles. The number of carbonyl (C=O) groups is 1. The molecule has 0 N–H and O–H groups in total. The molecule has 1 amide bonds. The zero-order valence-electron chi connectivity index (χ0n) is 25.4. The van der Waals surface area contributed by atoms with Gasteiger partial charge in [-0.15, -0.1) is 9.24 Å². The van der Waals surface area contributed by atoms with E-state index in [0.29, 0.717) is 19.0 Å². The summed E-state index contributed by atoms with van der Waals surface area (Å²) in [6, 6.07) is 18.7. The summed E-state index contributed by atoms with van der Waals surface area (Å²) in [5.74, 6) is 1.52. The van der Waals surface area contributed by atoms with Crippen LogP contribution in [0.15, 0.2) is 65.6 Å². The van der Waals surface area contributed by atoms with E-state index in [1.54, 1.807) is 16.7 Å². The zero-order valence-corrected chi connectivity index (χ0v) is 26.6. The Morgan fingerprint density at radius 2 is 1.90 bits per heavy atom. The molecule has 2 aromatic carbocycles. The fourth-order valence-corrected chi connectivity index (χ4v) is 6.98. The van der Waals surface area contributed by atoms with Crippen molar-refractivity contribution in [3.8, 4) is 5.75 Å². The van der Waals surface area contributed by atoms with Crippen molar-refractivity contribution in [3.05, 3.63) is 87.8 Å². The van der Waals surface area contributed by atoms with Crippen molar-refractivity contribution in [1.29, 1.82) is 0 Å². The van der Waals surface area contributed by atoms with Gasteiger partial charge in [-0.1, -0.05) is 51.0 Å². The van der Waals surface area contributed by atoms with E-state index in [9.17, 15) is 9.59 Å². The molecule has 7 heteroatoms. The number of hydrogen-bond donors (Lipinski definition) is 0. The maximum absolute atomic E-state index is 14.4. The van der Waals surface area contributed by atoms with Gasteiger partial charge in [-0.3, -0.25) is 14.5 Å². The Morgan fingerprint density at radius 3 is 2.64 bits per heavy atom. The molecule has 3 aromatic rings. The van der Waals surface area contributed by atoms with Gasteiger partial charge in [-0.05, 0) is 84.8 Å².